The summed E-state index contributed by atoms with van der Waals surface area (Å²) in [5, 5.41) is 0. The molecular weight excluding hydrogens is 271 g/mol. The number of hydrogen-bond acceptors (Lipinski definition) is 0. The van der Waals surface area contributed by atoms with Gasteiger partial charge in [0.1, 0.15) is 0 Å². The molecule has 2 heteroatoms. The SMILES string of the molecule is [C-]#[N+][CH2][Au][C]#CC. The Balaban J connectivity index is 2.98. The molecule has 0 rings (SSSR count). The van der Waals surface area contributed by atoms with Gasteiger partial charge in [-0.15, -0.1) is 0 Å². The second-order valence-electron chi connectivity index (χ2n) is 0.685. The van der Waals surface area contributed by atoms with Gasteiger partial charge in [-0.1, -0.05) is 0 Å². The molecule has 0 unspecified atom stereocenters. The summed E-state index contributed by atoms with van der Waals surface area (Å²) in [7, 11) is 0. The fourth-order valence-electron chi connectivity index (χ4n) is 0.101. The summed E-state index contributed by atoms with van der Waals surface area (Å²) in [6.45, 7) is 8.17. The topological polar surface area (TPSA) is 4.36 Å². The zero-order valence-electron chi connectivity index (χ0n) is 3.96. The Labute approximate surface area is 53.2 Å². The van der Waals surface area contributed by atoms with Crippen LogP contribution in [0, 0.1) is 16.6 Å². The first-order valence-electron chi connectivity index (χ1n) is 1.65. The van der Waals surface area contributed by atoms with Gasteiger partial charge >= 0.3 is 52.9 Å². The van der Waals surface area contributed by atoms with Crippen molar-refractivity contribution in [2.45, 2.75) is 6.92 Å². The Morgan fingerprint density at radius 3 is 3.00 bits per heavy atom. The molecule has 0 saturated heterocycles. The number of hydrogen-bond donors (Lipinski definition) is 0. The van der Waals surface area contributed by atoms with Crippen LogP contribution in [0.1, 0.15) is 6.92 Å². The molecule has 0 aromatic carbocycles. The van der Waals surface area contributed by atoms with Crippen molar-refractivity contribution in [1.82, 2.24) is 0 Å². The molecule has 1 nitrogen and oxygen atoms in total. The second kappa shape index (κ2) is 5.79. The van der Waals surface area contributed by atoms with Gasteiger partial charge in [0.2, 0.25) is 0 Å². The Morgan fingerprint density at radius 1 is 1.86 bits per heavy atom. The van der Waals surface area contributed by atoms with Crippen LogP contribution in [-0.2, 0) is 19.8 Å². The maximum absolute atomic E-state index is 6.36. The zero-order valence-corrected chi connectivity index (χ0v) is 6.12. The van der Waals surface area contributed by atoms with E-state index in [1.807, 2.05) is 0 Å². The quantitative estimate of drug-likeness (QED) is 0.290. The normalized spacial score (nSPS) is 6.29. The van der Waals surface area contributed by atoms with Crippen LogP contribution in [0.5, 0.6) is 0 Å². The van der Waals surface area contributed by atoms with Crippen molar-refractivity contribution in [1.29, 1.82) is 0 Å². The van der Waals surface area contributed by atoms with E-state index in [4.69, 9.17) is 6.57 Å². The van der Waals surface area contributed by atoms with Gasteiger partial charge in [-0.05, 0) is 0 Å². The van der Waals surface area contributed by atoms with Crippen LogP contribution in [0.15, 0.2) is 0 Å². The van der Waals surface area contributed by atoms with E-state index in [-0.39, 0.29) is 19.8 Å². The molecule has 0 spiro atoms. The van der Waals surface area contributed by atoms with E-state index in [2.05, 4.69) is 14.9 Å². The average Bonchev–Trinajstić information content (AvgIpc) is 1.69. The molecule has 0 amide bonds. The van der Waals surface area contributed by atoms with Gasteiger partial charge in [-0.3, -0.25) is 0 Å². The van der Waals surface area contributed by atoms with Gasteiger partial charge in [0.05, 0.1) is 0 Å². The maximum atomic E-state index is 6.36. The molecule has 0 N–H and O–H groups in total. The predicted molar refractivity (Wildman–Crippen MR) is 24.9 cm³/mol. The van der Waals surface area contributed by atoms with Crippen LogP contribution in [0.3, 0.4) is 0 Å². The van der Waals surface area contributed by atoms with E-state index >= 15 is 0 Å². The third kappa shape index (κ3) is 5.79. The molecule has 0 aromatic rings. The molecule has 0 aromatic heterocycles. The van der Waals surface area contributed by atoms with Gasteiger partial charge in [0.25, 0.3) is 0 Å². The molecule has 0 heterocycles. The van der Waals surface area contributed by atoms with Gasteiger partial charge in [-0.25, -0.2) is 0 Å². The molecule has 41 valence electrons. The molecule has 0 aliphatic carbocycles. The number of nitrogens with zero attached hydrogens (tertiary/aromatic N) is 1. The summed E-state index contributed by atoms with van der Waals surface area (Å²) < 4.78 is 3.52. The Morgan fingerprint density at radius 2 is 2.57 bits per heavy atom. The molecule has 0 aliphatic rings. The van der Waals surface area contributed by atoms with E-state index in [9.17, 15) is 0 Å². The third-order valence-corrected chi connectivity index (χ3v) is 1.83. The van der Waals surface area contributed by atoms with Crippen LogP contribution in [0.25, 0.3) is 4.85 Å². The van der Waals surface area contributed by atoms with Crippen molar-refractivity contribution in [3.05, 3.63) is 11.4 Å². The molecule has 0 atom stereocenters. The molecular formula is C5H5AuN. The summed E-state index contributed by atoms with van der Waals surface area (Å²) in [5.41, 5.74) is 0. The third-order valence-electron chi connectivity index (χ3n) is 0.224. The summed E-state index contributed by atoms with van der Waals surface area (Å²) in [5.74, 6) is 2.75. The van der Waals surface area contributed by atoms with E-state index < -0.39 is 0 Å². The summed E-state index contributed by atoms with van der Waals surface area (Å²) >= 11 is 0.00386. The monoisotopic (exact) mass is 276 g/mol. The van der Waals surface area contributed by atoms with Crippen molar-refractivity contribution in [2.24, 2.45) is 0 Å². The molecule has 7 heavy (non-hydrogen) atoms. The van der Waals surface area contributed by atoms with Gasteiger partial charge in [0, 0.05) is 0 Å². The molecule has 0 bridgehead atoms. The van der Waals surface area contributed by atoms with Crippen molar-refractivity contribution in [3.63, 3.8) is 0 Å². The number of rotatable bonds is 1. The summed E-state index contributed by atoms with van der Waals surface area (Å²) in [6, 6.07) is 0. The van der Waals surface area contributed by atoms with Crippen molar-refractivity contribution in [3.8, 4) is 10.1 Å². The van der Waals surface area contributed by atoms with E-state index in [1.54, 1.807) is 6.92 Å². The van der Waals surface area contributed by atoms with Crippen molar-refractivity contribution < 1.29 is 19.8 Å². The van der Waals surface area contributed by atoms with E-state index in [1.165, 1.54) is 0 Å². The average molecular weight is 276 g/mol. The zero-order chi connectivity index (χ0) is 5.54. The van der Waals surface area contributed by atoms with Crippen LogP contribution in [0.4, 0.5) is 0 Å². The first kappa shape index (κ1) is 6.79. The van der Waals surface area contributed by atoms with Crippen LogP contribution < -0.4 is 0 Å². The van der Waals surface area contributed by atoms with Crippen LogP contribution in [0.2, 0.25) is 0 Å². The molecule has 0 radical (unpaired) electrons. The summed E-state index contributed by atoms with van der Waals surface area (Å²) in [4.78, 5) is 3.16. The Kier molecular flexibility index (Phi) is 5.62. The second-order valence-corrected chi connectivity index (χ2v) is 2.68. The van der Waals surface area contributed by atoms with Gasteiger partial charge < -0.3 is 0 Å². The van der Waals surface area contributed by atoms with Crippen molar-refractivity contribution in [2.75, 3.05) is 4.76 Å². The van der Waals surface area contributed by atoms with E-state index in [0.29, 0.717) is 4.76 Å². The predicted octanol–water partition coefficient (Wildman–Crippen LogP) is 0.926. The molecule has 0 saturated carbocycles. The minimum atomic E-state index is 0.00386. The van der Waals surface area contributed by atoms with Crippen LogP contribution in [-0.4, -0.2) is 4.76 Å². The minimum absolute atomic E-state index is 0.00386. The van der Waals surface area contributed by atoms with Gasteiger partial charge in [0.15, 0.2) is 0 Å². The fraction of sp³-hybridized carbons (Fsp3) is 0.400. The molecule has 0 fully saturated rings. The van der Waals surface area contributed by atoms with Crippen LogP contribution >= 0.6 is 0 Å². The fourth-order valence-corrected chi connectivity index (χ4v) is 0.827. The first-order valence-corrected chi connectivity index (χ1v) is 4.27. The standard InChI is InChI=1S/C3H3.C2H2N.Au/c2*1-3-2;/h1H3;1H2;. The Bertz CT molecular complexity index is 123. The van der Waals surface area contributed by atoms with E-state index in [0.717, 1.165) is 0 Å². The van der Waals surface area contributed by atoms with Gasteiger partial charge in [-0.2, -0.15) is 0 Å². The summed E-state index contributed by atoms with van der Waals surface area (Å²) in [6.07, 6.45) is 0. The first-order chi connectivity index (χ1) is 3.41. The Hall–Kier alpha value is -0.210. The van der Waals surface area contributed by atoms with Crippen molar-refractivity contribution >= 4 is 0 Å². The molecule has 0 aliphatic heterocycles.